The highest BCUT2D eigenvalue weighted by Crippen LogP contribution is 2.27. The number of halogens is 2. The van der Waals surface area contributed by atoms with Crippen LogP contribution in [0.3, 0.4) is 0 Å². The monoisotopic (exact) mass is 477 g/mol. The number of aromatic nitrogens is 1. The van der Waals surface area contributed by atoms with Crippen molar-refractivity contribution >= 4 is 36.4 Å². The van der Waals surface area contributed by atoms with Gasteiger partial charge in [0, 0.05) is 29.9 Å². The second-order valence-corrected chi connectivity index (χ2v) is 7.44. The number of anilines is 1. The quantitative estimate of drug-likeness (QED) is 0.517. The zero-order chi connectivity index (χ0) is 21.1. The number of nitrogens with one attached hydrogen (secondary N) is 2. The first-order chi connectivity index (χ1) is 14.5. The number of piperidine rings is 1. The van der Waals surface area contributed by atoms with Gasteiger partial charge < -0.3 is 20.2 Å². The van der Waals surface area contributed by atoms with Gasteiger partial charge in [0.1, 0.15) is 22.8 Å². The fraction of sp³-hybridized carbons (Fsp3) is 0.261. The summed E-state index contributed by atoms with van der Waals surface area (Å²) in [4.78, 5) is 29.4. The Balaban J connectivity index is 0.00000181. The lowest BCUT2D eigenvalue weighted by atomic mass is 9.95. The normalized spacial score (nSPS) is 15.2. The maximum absolute atomic E-state index is 12.7. The Morgan fingerprint density at radius 3 is 2.59 bits per heavy atom. The average molecular weight is 478 g/mol. The molecule has 9 heteroatoms. The minimum absolute atomic E-state index is 0. The first kappa shape index (κ1) is 25.4. The van der Waals surface area contributed by atoms with E-state index in [9.17, 15) is 14.7 Å². The number of hydrogen-bond acceptors (Lipinski definition) is 6. The maximum atomic E-state index is 12.7. The molecular weight excluding hydrogens is 453 g/mol. The topological polar surface area (TPSA) is 104 Å². The standard InChI is InChI=1S/C23H23N3O4.2ClH/c1-14-12-19(16-4-2-10-24-13-16)30-23(29)20(14)22(28)26-17-8-6-15(7-9-17)21-18(27)5-3-11-25-21;;/h3,5-9,11-12,16,24,27H,2,4,10,13H2,1H3,(H,26,28);2*1H. The van der Waals surface area contributed by atoms with Gasteiger partial charge in [-0.05, 0) is 62.2 Å². The molecule has 32 heavy (non-hydrogen) atoms. The average Bonchev–Trinajstić information content (AvgIpc) is 2.75. The fourth-order valence-corrected chi connectivity index (χ4v) is 3.73. The van der Waals surface area contributed by atoms with Gasteiger partial charge in [-0.2, -0.15) is 0 Å². The summed E-state index contributed by atoms with van der Waals surface area (Å²) in [5.74, 6) is 0.345. The molecule has 1 aliphatic rings. The van der Waals surface area contributed by atoms with Crippen LogP contribution >= 0.6 is 24.8 Å². The molecule has 0 spiro atoms. The van der Waals surface area contributed by atoms with Crippen molar-refractivity contribution in [2.24, 2.45) is 0 Å². The van der Waals surface area contributed by atoms with Crippen molar-refractivity contribution in [1.82, 2.24) is 10.3 Å². The van der Waals surface area contributed by atoms with Crippen molar-refractivity contribution in [3.8, 4) is 17.0 Å². The van der Waals surface area contributed by atoms with Crippen molar-refractivity contribution in [1.29, 1.82) is 0 Å². The number of nitrogens with zero attached hydrogens (tertiary/aromatic N) is 1. The second-order valence-electron chi connectivity index (χ2n) is 7.44. The van der Waals surface area contributed by atoms with E-state index in [4.69, 9.17) is 4.42 Å². The third-order valence-electron chi connectivity index (χ3n) is 5.30. The van der Waals surface area contributed by atoms with Gasteiger partial charge in [0.15, 0.2) is 0 Å². The van der Waals surface area contributed by atoms with Crippen LogP contribution in [0.25, 0.3) is 11.3 Å². The summed E-state index contributed by atoms with van der Waals surface area (Å²) < 4.78 is 5.49. The Kier molecular flexibility index (Phi) is 8.83. The molecule has 1 fully saturated rings. The number of pyridine rings is 1. The molecule has 3 aromatic rings. The van der Waals surface area contributed by atoms with Gasteiger partial charge in [0.25, 0.3) is 5.91 Å². The number of aromatic hydroxyl groups is 1. The number of aryl methyl sites for hydroxylation is 1. The Morgan fingerprint density at radius 1 is 1.22 bits per heavy atom. The van der Waals surface area contributed by atoms with E-state index in [1.165, 1.54) is 0 Å². The van der Waals surface area contributed by atoms with Crippen molar-refractivity contribution < 1.29 is 14.3 Å². The van der Waals surface area contributed by atoms with Crippen molar-refractivity contribution in [3.05, 3.63) is 76.0 Å². The van der Waals surface area contributed by atoms with E-state index in [1.54, 1.807) is 55.6 Å². The number of carbonyl (C=O) groups is 1. The first-order valence-electron chi connectivity index (χ1n) is 9.94. The summed E-state index contributed by atoms with van der Waals surface area (Å²) in [5.41, 5.74) is 1.68. The molecule has 1 amide bonds. The molecule has 1 saturated heterocycles. The number of hydrogen-bond donors (Lipinski definition) is 3. The van der Waals surface area contributed by atoms with Gasteiger partial charge in [-0.25, -0.2) is 4.79 Å². The lowest BCUT2D eigenvalue weighted by Gasteiger charge is -2.22. The van der Waals surface area contributed by atoms with E-state index >= 15 is 0 Å². The summed E-state index contributed by atoms with van der Waals surface area (Å²) in [6, 6.07) is 11.9. The SMILES string of the molecule is Cc1cc(C2CCCNC2)oc(=O)c1C(=O)Nc1ccc(-c2ncccc2O)cc1.Cl.Cl. The molecule has 1 aromatic carbocycles. The molecule has 0 aliphatic carbocycles. The Bertz CT molecular complexity index is 1130. The molecule has 1 aliphatic heterocycles. The lowest BCUT2D eigenvalue weighted by Crippen LogP contribution is -2.30. The summed E-state index contributed by atoms with van der Waals surface area (Å²) in [6.07, 6.45) is 3.58. The van der Waals surface area contributed by atoms with Crippen LogP contribution in [0.5, 0.6) is 5.75 Å². The largest absolute Gasteiger partial charge is 0.506 e. The summed E-state index contributed by atoms with van der Waals surface area (Å²) in [5, 5.41) is 16.0. The summed E-state index contributed by atoms with van der Waals surface area (Å²) >= 11 is 0. The molecule has 4 rings (SSSR count). The van der Waals surface area contributed by atoms with Crippen LogP contribution in [0.2, 0.25) is 0 Å². The van der Waals surface area contributed by atoms with Gasteiger partial charge in [-0.1, -0.05) is 12.1 Å². The van der Waals surface area contributed by atoms with E-state index in [0.29, 0.717) is 28.3 Å². The van der Waals surface area contributed by atoms with E-state index in [2.05, 4.69) is 15.6 Å². The number of carbonyl (C=O) groups excluding carboxylic acids is 1. The van der Waals surface area contributed by atoms with Crippen molar-refractivity contribution in [2.75, 3.05) is 18.4 Å². The lowest BCUT2D eigenvalue weighted by molar-refractivity contribution is 0.102. The molecule has 3 heterocycles. The minimum atomic E-state index is -0.622. The predicted molar refractivity (Wildman–Crippen MR) is 128 cm³/mol. The van der Waals surface area contributed by atoms with Gasteiger partial charge in [0.05, 0.1) is 0 Å². The smallest absolute Gasteiger partial charge is 0.349 e. The molecule has 2 aromatic heterocycles. The number of rotatable bonds is 4. The molecule has 7 nitrogen and oxygen atoms in total. The van der Waals surface area contributed by atoms with Gasteiger partial charge in [-0.3, -0.25) is 9.78 Å². The van der Waals surface area contributed by atoms with Crippen LogP contribution in [-0.4, -0.2) is 29.1 Å². The molecule has 1 atom stereocenters. The van der Waals surface area contributed by atoms with E-state index < -0.39 is 11.5 Å². The van der Waals surface area contributed by atoms with Gasteiger partial charge in [0.2, 0.25) is 0 Å². The minimum Gasteiger partial charge on any atom is -0.506 e. The predicted octanol–water partition coefficient (Wildman–Crippen LogP) is 4.28. The Hall–Kier alpha value is -2.87. The summed E-state index contributed by atoms with van der Waals surface area (Å²) in [6.45, 7) is 3.49. The third kappa shape index (κ3) is 5.48. The molecule has 170 valence electrons. The molecular formula is C23H25Cl2N3O4. The number of amides is 1. The summed E-state index contributed by atoms with van der Waals surface area (Å²) in [7, 11) is 0. The third-order valence-corrected chi connectivity index (χ3v) is 5.30. The van der Waals surface area contributed by atoms with E-state index in [-0.39, 0.29) is 42.0 Å². The zero-order valence-electron chi connectivity index (χ0n) is 17.5. The molecule has 0 saturated carbocycles. The maximum Gasteiger partial charge on any atom is 0.349 e. The van der Waals surface area contributed by atoms with Crippen LogP contribution in [0.1, 0.15) is 40.4 Å². The van der Waals surface area contributed by atoms with Crippen LogP contribution < -0.4 is 16.3 Å². The van der Waals surface area contributed by atoms with Gasteiger partial charge >= 0.3 is 5.63 Å². The number of benzene rings is 1. The molecule has 3 N–H and O–H groups in total. The van der Waals surface area contributed by atoms with Crippen LogP contribution in [0.4, 0.5) is 5.69 Å². The zero-order valence-corrected chi connectivity index (χ0v) is 19.1. The fourth-order valence-electron chi connectivity index (χ4n) is 3.73. The van der Waals surface area contributed by atoms with E-state index in [0.717, 1.165) is 25.9 Å². The van der Waals surface area contributed by atoms with Gasteiger partial charge in [-0.15, -0.1) is 24.8 Å². The molecule has 0 bridgehead atoms. The highest BCUT2D eigenvalue weighted by Gasteiger charge is 2.22. The van der Waals surface area contributed by atoms with Crippen LogP contribution in [0.15, 0.2) is 57.9 Å². The van der Waals surface area contributed by atoms with E-state index in [1.807, 2.05) is 0 Å². The highest BCUT2D eigenvalue weighted by molar-refractivity contribution is 6.05. The second kappa shape index (κ2) is 11.1. The van der Waals surface area contributed by atoms with Crippen molar-refractivity contribution in [2.45, 2.75) is 25.7 Å². The van der Waals surface area contributed by atoms with Crippen molar-refractivity contribution in [3.63, 3.8) is 0 Å². The van der Waals surface area contributed by atoms with Crippen LogP contribution in [-0.2, 0) is 0 Å². The van der Waals surface area contributed by atoms with Crippen LogP contribution in [0, 0.1) is 6.92 Å². The molecule has 1 unspecified atom stereocenters. The highest BCUT2D eigenvalue weighted by atomic mass is 35.5. The Morgan fingerprint density at radius 2 is 1.97 bits per heavy atom. The molecule has 0 radical (unpaired) electrons. The Labute approximate surface area is 198 Å². The first-order valence-corrected chi connectivity index (χ1v) is 9.94.